The van der Waals surface area contributed by atoms with Gasteiger partial charge in [-0.25, -0.2) is 0 Å². The van der Waals surface area contributed by atoms with Gasteiger partial charge in [-0.1, -0.05) is 32.0 Å². The molecule has 210 valence electrons. The first kappa shape index (κ1) is 30.3. The highest BCUT2D eigenvalue weighted by Crippen LogP contribution is 2.21. The molecular formula is C31H41N3O4S. The average molecular weight is 552 g/mol. The van der Waals surface area contributed by atoms with Crippen LogP contribution in [0, 0.1) is 6.92 Å². The number of amides is 2. The van der Waals surface area contributed by atoms with E-state index in [0.717, 1.165) is 34.6 Å². The Morgan fingerprint density at radius 2 is 1.85 bits per heavy atom. The van der Waals surface area contributed by atoms with Crippen molar-refractivity contribution in [1.82, 2.24) is 15.5 Å². The van der Waals surface area contributed by atoms with Crippen LogP contribution in [0.4, 0.5) is 0 Å². The lowest BCUT2D eigenvalue weighted by atomic mass is 10.00. The van der Waals surface area contributed by atoms with Crippen LogP contribution in [0.5, 0.6) is 5.75 Å². The third kappa shape index (κ3) is 8.92. The molecule has 0 spiro atoms. The topological polar surface area (TPSA) is 90.9 Å². The van der Waals surface area contributed by atoms with Crippen LogP contribution in [0.1, 0.15) is 63.4 Å². The highest BCUT2D eigenvalue weighted by molar-refractivity contribution is 7.09. The highest BCUT2D eigenvalue weighted by Gasteiger charge is 2.31. The fraction of sp³-hybridized carbons (Fsp3) is 0.419. The van der Waals surface area contributed by atoms with E-state index in [1.165, 1.54) is 0 Å². The summed E-state index contributed by atoms with van der Waals surface area (Å²) < 4.78 is 5.31. The highest BCUT2D eigenvalue weighted by atomic mass is 32.1. The molecule has 3 N–H and O–H groups in total. The maximum atomic E-state index is 14.0. The monoisotopic (exact) mass is 551 g/mol. The van der Waals surface area contributed by atoms with Gasteiger partial charge in [0.25, 0.3) is 11.8 Å². The van der Waals surface area contributed by atoms with E-state index >= 15 is 0 Å². The second-order valence-electron chi connectivity index (χ2n) is 9.74. The van der Waals surface area contributed by atoms with Crippen LogP contribution >= 0.6 is 11.3 Å². The first-order valence-electron chi connectivity index (χ1n) is 13.6. The zero-order chi connectivity index (χ0) is 28.2. The molecular weight excluding hydrogens is 510 g/mol. The van der Waals surface area contributed by atoms with Crippen LogP contribution in [0.3, 0.4) is 0 Å². The number of rotatable bonds is 15. The van der Waals surface area contributed by atoms with E-state index < -0.39 is 12.1 Å². The molecule has 0 saturated carbocycles. The van der Waals surface area contributed by atoms with Crippen molar-refractivity contribution < 1.29 is 19.4 Å². The Morgan fingerprint density at radius 1 is 1.05 bits per heavy atom. The number of carbonyl (C=O) groups excluding carboxylic acids is 2. The van der Waals surface area contributed by atoms with E-state index in [0.29, 0.717) is 43.7 Å². The molecule has 39 heavy (non-hydrogen) atoms. The number of thiophene rings is 1. The Labute approximate surface area is 236 Å². The number of aliphatic hydroxyl groups excluding tert-OH is 1. The van der Waals surface area contributed by atoms with Gasteiger partial charge in [-0.15, -0.1) is 11.3 Å². The maximum Gasteiger partial charge on any atom is 0.254 e. The molecule has 2 amide bonds. The third-order valence-electron chi connectivity index (χ3n) is 6.50. The number of hydrogen-bond donors (Lipinski definition) is 3. The van der Waals surface area contributed by atoms with Crippen LogP contribution in [-0.2, 0) is 13.0 Å². The number of methoxy groups -OCH3 is 1. The molecule has 0 saturated heterocycles. The first-order chi connectivity index (χ1) is 18.9. The molecule has 1 aromatic heterocycles. The Kier molecular flexibility index (Phi) is 12.0. The summed E-state index contributed by atoms with van der Waals surface area (Å²) in [6, 6.07) is 16.7. The van der Waals surface area contributed by atoms with E-state index in [1.807, 2.05) is 68.6 Å². The van der Waals surface area contributed by atoms with Crippen LogP contribution in [0.25, 0.3) is 0 Å². The molecule has 0 aliphatic carbocycles. The number of aryl methyl sites for hydroxylation is 1. The summed E-state index contributed by atoms with van der Waals surface area (Å²) in [4.78, 5) is 29.5. The number of carbonyl (C=O) groups is 2. The summed E-state index contributed by atoms with van der Waals surface area (Å²) in [6.45, 7) is 7.87. The molecule has 7 nitrogen and oxygen atoms in total. The Morgan fingerprint density at radius 3 is 2.54 bits per heavy atom. The second kappa shape index (κ2) is 15.4. The Balaban J connectivity index is 1.83. The number of nitrogens with one attached hydrogen (secondary N) is 2. The van der Waals surface area contributed by atoms with Crippen molar-refractivity contribution in [3.05, 3.63) is 87.1 Å². The zero-order valence-corrected chi connectivity index (χ0v) is 24.2. The van der Waals surface area contributed by atoms with Crippen molar-refractivity contribution in [3.8, 4) is 5.75 Å². The Hall–Kier alpha value is -3.20. The fourth-order valence-electron chi connectivity index (χ4n) is 4.57. The van der Waals surface area contributed by atoms with Gasteiger partial charge in [-0.05, 0) is 72.7 Å². The molecule has 2 atom stereocenters. The quantitative estimate of drug-likeness (QED) is 0.252. The predicted octanol–water partition coefficient (Wildman–Crippen LogP) is 4.82. The largest absolute Gasteiger partial charge is 0.497 e. The zero-order valence-electron chi connectivity index (χ0n) is 23.4. The van der Waals surface area contributed by atoms with Gasteiger partial charge in [0.1, 0.15) is 5.75 Å². The molecule has 0 radical (unpaired) electrons. The van der Waals surface area contributed by atoms with Crippen molar-refractivity contribution in [1.29, 1.82) is 0 Å². The van der Waals surface area contributed by atoms with Crippen molar-refractivity contribution >= 4 is 23.2 Å². The minimum atomic E-state index is -0.801. The summed E-state index contributed by atoms with van der Waals surface area (Å²) in [6.07, 6.45) is 1.32. The van der Waals surface area contributed by atoms with E-state index in [4.69, 9.17) is 4.74 Å². The molecule has 1 heterocycles. The molecule has 3 rings (SSSR count). The Bertz CT molecular complexity index is 1200. The molecule has 0 aliphatic rings. The molecule has 8 heteroatoms. The number of benzene rings is 2. The number of ether oxygens (including phenoxy) is 1. The predicted molar refractivity (Wildman–Crippen MR) is 158 cm³/mol. The first-order valence-corrected chi connectivity index (χ1v) is 14.5. The summed E-state index contributed by atoms with van der Waals surface area (Å²) in [5.74, 6) is 0.415. The van der Waals surface area contributed by atoms with Gasteiger partial charge in [0, 0.05) is 48.6 Å². The summed E-state index contributed by atoms with van der Waals surface area (Å²) in [5, 5.41) is 19.7. The van der Waals surface area contributed by atoms with Crippen molar-refractivity contribution in [2.75, 3.05) is 26.7 Å². The van der Waals surface area contributed by atoms with E-state index in [9.17, 15) is 14.7 Å². The van der Waals surface area contributed by atoms with Gasteiger partial charge >= 0.3 is 0 Å². The van der Waals surface area contributed by atoms with Crippen LogP contribution < -0.4 is 15.4 Å². The standard InChI is InChI=1S/C31H41N3O4S/c1-5-12-33-30(36)24-15-22(3)16-25(18-24)31(37)34(13-6-2)28(19-27-11-8-14-39-27)29(35)21-32-20-23-9-7-10-26(17-23)38-4/h7-11,14-18,28-29,32,35H,5-6,12-13,19-21H2,1-4H3,(H,33,36)/t28-,29+/m0/s1. The number of aliphatic hydroxyl groups is 1. The van der Waals surface area contributed by atoms with Gasteiger partial charge < -0.3 is 25.4 Å². The van der Waals surface area contributed by atoms with Crippen LogP contribution in [0.2, 0.25) is 0 Å². The number of nitrogens with zero attached hydrogens (tertiary/aromatic N) is 1. The van der Waals surface area contributed by atoms with Crippen LogP contribution in [0.15, 0.2) is 60.0 Å². The van der Waals surface area contributed by atoms with Gasteiger partial charge in [-0.2, -0.15) is 0 Å². The molecule has 3 aromatic rings. The van der Waals surface area contributed by atoms with E-state index in [1.54, 1.807) is 35.5 Å². The summed E-state index contributed by atoms with van der Waals surface area (Å²) >= 11 is 1.62. The van der Waals surface area contributed by atoms with Gasteiger partial charge in [0.05, 0.1) is 19.3 Å². The molecule has 0 unspecified atom stereocenters. The maximum absolute atomic E-state index is 14.0. The molecule has 0 bridgehead atoms. The lowest BCUT2D eigenvalue weighted by Gasteiger charge is -2.35. The van der Waals surface area contributed by atoms with Crippen molar-refractivity contribution in [2.45, 2.75) is 58.7 Å². The normalized spacial score (nSPS) is 12.5. The lowest BCUT2D eigenvalue weighted by molar-refractivity contribution is 0.0356. The smallest absolute Gasteiger partial charge is 0.254 e. The average Bonchev–Trinajstić information content (AvgIpc) is 3.46. The summed E-state index contributed by atoms with van der Waals surface area (Å²) in [5.41, 5.74) is 2.82. The second-order valence-corrected chi connectivity index (χ2v) is 10.8. The van der Waals surface area contributed by atoms with E-state index in [-0.39, 0.29) is 11.8 Å². The molecule has 0 aliphatic heterocycles. The SMILES string of the molecule is CCCNC(=O)c1cc(C)cc(C(=O)N(CCC)[C@@H](Cc2cccs2)[C@H](O)CNCc2cccc(OC)c2)c1. The lowest BCUT2D eigenvalue weighted by Crippen LogP contribution is -2.51. The van der Waals surface area contributed by atoms with Gasteiger partial charge in [-0.3, -0.25) is 9.59 Å². The minimum absolute atomic E-state index is 0.182. The fourth-order valence-corrected chi connectivity index (χ4v) is 5.33. The molecule has 0 fully saturated rings. The van der Waals surface area contributed by atoms with Crippen molar-refractivity contribution in [3.63, 3.8) is 0 Å². The van der Waals surface area contributed by atoms with E-state index in [2.05, 4.69) is 10.6 Å². The minimum Gasteiger partial charge on any atom is -0.497 e. The third-order valence-corrected chi connectivity index (χ3v) is 7.40. The summed E-state index contributed by atoms with van der Waals surface area (Å²) in [7, 11) is 1.64. The van der Waals surface area contributed by atoms with Crippen molar-refractivity contribution in [2.24, 2.45) is 0 Å². The van der Waals surface area contributed by atoms with Crippen LogP contribution in [-0.4, -0.2) is 60.7 Å². The molecule has 2 aromatic carbocycles. The number of hydrogen-bond acceptors (Lipinski definition) is 6. The van der Waals surface area contributed by atoms with Gasteiger partial charge in [0.15, 0.2) is 0 Å². The van der Waals surface area contributed by atoms with Gasteiger partial charge in [0.2, 0.25) is 0 Å².